The second-order valence-corrected chi connectivity index (χ2v) is 7.54. The number of benzene rings is 2. The maximum absolute atomic E-state index is 12.3. The highest BCUT2D eigenvalue weighted by atomic mass is 79.9. The van der Waals surface area contributed by atoms with Crippen molar-refractivity contribution in [2.24, 2.45) is 0 Å². The van der Waals surface area contributed by atoms with Gasteiger partial charge in [-0.2, -0.15) is 0 Å². The van der Waals surface area contributed by atoms with Gasteiger partial charge in [-0.25, -0.2) is 0 Å². The minimum absolute atomic E-state index is 0.0890. The van der Waals surface area contributed by atoms with Crippen molar-refractivity contribution in [1.29, 1.82) is 0 Å². The van der Waals surface area contributed by atoms with E-state index in [1.165, 1.54) is 0 Å². The number of ketones is 2. The number of Topliss-reactive ketones (excluding diaryl/α,β-unsaturated/α-hetero) is 2. The largest absolute Gasteiger partial charge is 0.293 e. The van der Waals surface area contributed by atoms with E-state index in [2.05, 4.69) is 31.9 Å². The highest BCUT2D eigenvalue weighted by molar-refractivity contribution is 9.10. The molecule has 2 aromatic rings. The molecule has 0 amide bonds. The molecule has 0 N–H and O–H groups in total. The van der Waals surface area contributed by atoms with Gasteiger partial charge in [-0.1, -0.05) is 98.9 Å². The summed E-state index contributed by atoms with van der Waals surface area (Å²) < 4.78 is 0. The van der Waals surface area contributed by atoms with Crippen molar-refractivity contribution in [3.05, 3.63) is 71.8 Å². The summed E-state index contributed by atoms with van der Waals surface area (Å²) in [7, 11) is 0. The summed E-state index contributed by atoms with van der Waals surface area (Å²) in [5, 5.41) is 0. The Labute approximate surface area is 153 Å². The fourth-order valence-electron chi connectivity index (χ4n) is 2.30. The van der Waals surface area contributed by atoms with Crippen molar-refractivity contribution in [3.8, 4) is 0 Å². The van der Waals surface area contributed by atoms with Crippen LogP contribution in [0.4, 0.5) is 0 Å². The molecule has 0 saturated heterocycles. The van der Waals surface area contributed by atoms with Crippen molar-refractivity contribution in [1.82, 2.24) is 0 Å². The van der Waals surface area contributed by atoms with E-state index in [1.54, 1.807) is 0 Å². The van der Waals surface area contributed by atoms with Crippen molar-refractivity contribution in [3.63, 3.8) is 0 Å². The minimum Gasteiger partial charge on any atom is -0.293 e. The summed E-state index contributed by atoms with van der Waals surface area (Å²) in [6.07, 6.45) is 2.21. The highest BCUT2D eigenvalue weighted by Crippen LogP contribution is 2.21. The predicted octanol–water partition coefficient (Wildman–Crippen LogP) is 5.45. The Morgan fingerprint density at radius 3 is 1.39 bits per heavy atom. The molecular formula is C19H18Br2O2. The van der Waals surface area contributed by atoms with Crippen molar-refractivity contribution >= 4 is 43.4 Å². The van der Waals surface area contributed by atoms with Gasteiger partial charge in [0.25, 0.3) is 0 Å². The molecule has 0 fully saturated rings. The van der Waals surface area contributed by atoms with E-state index < -0.39 is 0 Å². The summed E-state index contributed by atoms with van der Waals surface area (Å²) in [5.41, 5.74) is 1.43. The lowest BCUT2D eigenvalue weighted by Gasteiger charge is -2.11. The Balaban J connectivity index is 1.80. The quantitative estimate of drug-likeness (QED) is 0.406. The first kappa shape index (κ1) is 18.1. The smallest absolute Gasteiger partial charge is 0.176 e. The fraction of sp³-hybridized carbons (Fsp3) is 0.263. The third-order valence-electron chi connectivity index (χ3n) is 3.60. The summed E-state index contributed by atoms with van der Waals surface area (Å²) in [6, 6.07) is 18.5. The summed E-state index contributed by atoms with van der Waals surface area (Å²) in [5.74, 6) is 0.178. The van der Waals surface area contributed by atoms with Gasteiger partial charge in [0.2, 0.25) is 0 Å². The maximum Gasteiger partial charge on any atom is 0.176 e. The Morgan fingerprint density at radius 2 is 1.04 bits per heavy atom. The molecule has 0 aliphatic carbocycles. The van der Waals surface area contributed by atoms with Crippen LogP contribution < -0.4 is 0 Å². The van der Waals surface area contributed by atoms with Crippen LogP contribution in [0.1, 0.15) is 40.0 Å². The molecule has 2 nitrogen and oxygen atoms in total. The summed E-state index contributed by atoms with van der Waals surface area (Å²) in [6.45, 7) is 0. The first-order valence-corrected chi connectivity index (χ1v) is 9.39. The third kappa shape index (κ3) is 5.40. The molecule has 4 heteroatoms. The minimum atomic E-state index is -0.212. The zero-order chi connectivity index (χ0) is 16.7. The third-order valence-corrected chi connectivity index (χ3v) is 5.35. The lowest BCUT2D eigenvalue weighted by molar-refractivity contribution is 0.0988. The normalized spacial score (nSPS) is 13.3. The number of carbonyl (C=O) groups is 2. The van der Waals surface area contributed by atoms with Crippen LogP contribution in [0.2, 0.25) is 0 Å². The fourth-order valence-corrected chi connectivity index (χ4v) is 3.48. The molecular weight excluding hydrogens is 420 g/mol. The Kier molecular flexibility index (Phi) is 7.18. The molecule has 0 aliphatic rings. The summed E-state index contributed by atoms with van der Waals surface area (Å²) >= 11 is 6.92. The van der Waals surface area contributed by atoms with Crippen molar-refractivity contribution in [2.75, 3.05) is 0 Å². The van der Waals surface area contributed by atoms with Crippen LogP contribution in [0.15, 0.2) is 60.7 Å². The van der Waals surface area contributed by atoms with Gasteiger partial charge in [-0.05, 0) is 12.8 Å². The molecule has 0 heterocycles. The topological polar surface area (TPSA) is 34.1 Å². The molecule has 0 unspecified atom stereocenters. The van der Waals surface area contributed by atoms with Gasteiger partial charge < -0.3 is 0 Å². The van der Waals surface area contributed by atoms with E-state index in [0.29, 0.717) is 24.0 Å². The zero-order valence-electron chi connectivity index (χ0n) is 12.6. The van der Waals surface area contributed by atoms with Gasteiger partial charge in [0.1, 0.15) is 0 Å². The molecule has 0 saturated carbocycles. The van der Waals surface area contributed by atoms with Gasteiger partial charge in [0.05, 0.1) is 9.65 Å². The Hall–Kier alpha value is -1.26. The SMILES string of the molecule is O=C(c1ccccc1)[C@H](Br)CCC[C@H](Br)C(=O)c1ccccc1. The van der Waals surface area contributed by atoms with Crippen molar-refractivity contribution < 1.29 is 9.59 Å². The van der Waals surface area contributed by atoms with Crippen LogP contribution in [0, 0.1) is 0 Å². The van der Waals surface area contributed by atoms with Crippen LogP contribution in [0.25, 0.3) is 0 Å². The maximum atomic E-state index is 12.3. The number of alkyl halides is 2. The molecule has 23 heavy (non-hydrogen) atoms. The lowest BCUT2D eigenvalue weighted by Crippen LogP contribution is -2.17. The van der Waals surface area contributed by atoms with E-state index in [9.17, 15) is 9.59 Å². The Morgan fingerprint density at radius 1 is 0.696 bits per heavy atom. The van der Waals surface area contributed by atoms with E-state index in [1.807, 2.05) is 60.7 Å². The molecule has 0 aromatic heterocycles. The number of hydrogen-bond acceptors (Lipinski definition) is 2. The van der Waals surface area contributed by atoms with E-state index in [0.717, 1.165) is 6.42 Å². The highest BCUT2D eigenvalue weighted by Gasteiger charge is 2.19. The number of rotatable bonds is 8. The van der Waals surface area contributed by atoms with Crippen molar-refractivity contribution in [2.45, 2.75) is 28.9 Å². The molecule has 2 atom stereocenters. The van der Waals surface area contributed by atoms with E-state index >= 15 is 0 Å². The molecule has 0 radical (unpaired) electrons. The zero-order valence-corrected chi connectivity index (χ0v) is 15.8. The van der Waals surface area contributed by atoms with E-state index in [4.69, 9.17) is 0 Å². The molecule has 2 rings (SSSR count). The first-order valence-electron chi connectivity index (χ1n) is 7.56. The second kappa shape index (κ2) is 9.14. The van der Waals surface area contributed by atoms with E-state index in [-0.39, 0.29) is 21.2 Å². The van der Waals surface area contributed by atoms with Crippen LogP contribution >= 0.6 is 31.9 Å². The lowest BCUT2D eigenvalue weighted by atomic mass is 10.0. The monoisotopic (exact) mass is 436 g/mol. The molecule has 2 aromatic carbocycles. The number of halogens is 2. The molecule has 0 bridgehead atoms. The van der Waals surface area contributed by atoms with Gasteiger partial charge in [0, 0.05) is 11.1 Å². The van der Waals surface area contributed by atoms with Crippen LogP contribution in [0.5, 0.6) is 0 Å². The van der Waals surface area contributed by atoms with Gasteiger partial charge in [-0.3, -0.25) is 9.59 Å². The Bertz CT molecular complexity index is 583. The number of hydrogen-bond donors (Lipinski definition) is 0. The van der Waals surface area contributed by atoms with Gasteiger partial charge >= 0.3 is 0 Å². The summed E-state index contributed by atoms with van der Waals surface area (Å²) in [4.78, 5) is 24.1. The van der Waals surface area contributed by atoms with Gasteiger partial charge in [-0.15, -0.1) is 0 Å². The molecule has 0 spiro atoms. The molecule has 0 aliphatic heterocycles. The molecule has 120 valence electrons. The van der Waals surface area contributed by atoms with Crippen LogP contribution in [0.3, 0.4) is 0 Å². The van der Waals surface area contributed by atoms with Crippen LogP contribution in [-0.4, -0.2) is 21.2 Å². The second-order valence-electron chi connectivity index (χ2n) is 5.33. The standard InChI is InChI=1S/C19H18Br2O2/c20-16(18(22)14-8-3-1-4-9-14)12-7-13-17(21)19(23)15-10-5-2-6-11-15/h1-6,8-11,16-17H,7,12-13H2/t16-,17+. The average Bonchev–Trinajstić information content (AvgIpc) is 2.61. The first-order chi connectivity index (χ1) is 11.1. The van der Waals surface area contributed by atoms with Crippen LogP contribution in [-0.2, 0) is 0 Å². The van der Waals surface area contributed by atoms with Gasteiger partial charge in [0.15, 0.2) is 11.6 Å². The number of carbonyl (C=O) groups excluding carboxylic acids is 2. The predicted molar refractivity (Wildman–Crippen MR) is 101 cm³/mol. The average molecular weight is 438 g/mol.